The zero-order valence-corrected chi connectivity index (χ0v) is 18.7. The van der Waals surface area contributed by atoms with Gasteiger partial charge >= 0.3 is 0 Å². The maximum absolute atomic E-state index is 6.48. The molecular weight excluding hydrogens is 394 g/mol. The quantitative estimate of drug-likeness (QED) is 0.308. The molecule has 0 spiro atoms. The van der Waals surface area contributed by atoms with Gasteiger partial charge in [-0.25, -0.2) is 9.55 Å². The van der Waals surface area contributed by atoms with Crippen molar-refractivity contribution in [2.75, 3.05) is 0 Å². The highest BCUT2D eigenvalue weighted by atomic mass is 16.3. The van der Waals surface area contributed by atoms with Crippen molar-refractivity contribution in [3.8, 4) is 17.1 Å². The smallest absolute Gasteiger partial charge is 0.298 e. The maximum atomic E-state index is 6.48. The molecule has 32 heavy (non-hydrogen) atoms. The Morgan fingerprint density at radius 1 is 0.844 bits per heavy atom. The van der Waals surface area contributed by atoms with Crippen LogP contribution in [-0.4, -0.2) is 9.55 Å². The summed E-state index contributed by atoms with van der Waals surface area (Å²) in [6.07, 6.45) is 0. The number of aryl methyl sites for hydroxylation is 4. The predicted octanol–water partition coefficient (Wildman–Crippen LogP) is 6.34. The van der Waals surface area contributed by atoms with Gasteiger partial charge in [-0.1, -0.05) is 36.4 Å². The predicted molar refractivity (Wildman–Crippen MR) is 129 cm³/mol. The standard InChI is InChI=1S/C28H24N3O/c1-17-16-18(2)25(26-24(17)21-15-14-19(3)29-27(21)32-26)28-30(4)22-12-8-9-13-23(22)31(28)20-10-6-5-7-11-20/h5-16H,1-4H3/q+1. The number of para-hydroxylation sites is 3. The monoisotopic (exact) mass is 418 g/mol. The van der Waals surface area contributed by atoms with Crippen LogP contribution < -0.4 is 4.57 Å². The van der Waals surface area contributed by atoms with Crippen LogP contribution in [0.5, 0.6) is 0 Å². The summed E-state index contributed by atoms with van der Waals surface area (Å²) < 4.78 is 11.1. The zero-order valence-electron chi connectivity index (χ0n) is 18.7. The van der Waals surface area contributed by atoms with Gasteiger partial charge in [-0.2, -0.15) is 4.57 Å². The first-order valence-corrected chi connectivity index (χ1v) is 10.9. The van der Waals surface area contributed by atoms with Gasteiger partial charge in [0.1, 0.15) is 11.3 Å². The summed E-state index contributed by atoms with van der Waals surface area (Å²) in [7, 11) is 2.13. The largest absolute Gasteiger partial charge is 0.437 e. The molecule has 0 radical (unpaired) electrons. The lowest BCUT2D eigenvalue weighted by Crippen LogP contribution is -2.30. The van der Waals surface area contributed by atoms with Crippen LogP contribution in [0.25, 0.3) is 50.2 Å². The van der Waals surface area contributed by atoms with Crippen LogP contribution in [0.3, 0.4) is 0 Å². The molecule has 0 atom stereocenters. The van der Waals surface area contributed by atoms with Crippen molar-refractivity contribution in [1.82, 2.24) is 9.55 Å². The van der Waals surface area contributed by atoms with Crippen LogP contribution in [0.4, 0.5) is 0 Å². The number of furan rings is 1. The number of benzene rings is 3. The van der Waals surface area contributed by atoms with E-state index in [-0.39, 0.29) is 0 Å². The number of pyridine rings is 1. The van der Waals surface area contributed by atoms with Gasteiger partial charge < -0.3 is 4.42 Å². The minimum atomic E-state index is 0.694. The Balaban J connectivity index is 1.83. The summed E-state index contributed by atoms with van der Waals surface area (Å²) >= 11 is 0. The maximum Gasteiger partial charge on any atom is 0.298 e. The van der Waals surface area contributed by atoms with Crippen molar-refractivity contribution in [1.29, 1.82) is 0 Å². The first-order chi connectivity index (χ1) is 15.5. The number of hydrogen-bond donors (Lipinski definition) is 0. The van der Waals surface area contributed by atoms with Crippen LogP contribution in [-0.2, 0) is 7.05 Å². The average molecular weight is 419 g/mol. The summed E-state index contributed by atoms with van der Waals surface area (Å²) in [5.41, 5.74) is 9.49. The van der Waals surface area contributed by atoms with Gasteiger partial charge in [0.25, 0.3) is 5.82 Å². The van der Waals surface area contributed by atoms with E-state index in [0.717, 1.165) is 44.6 Å². The molecule has 0 saturated heterocycles. The van der Waals surface area contributed by atoms with Crippen LogP contribution in [0.1, 0.15) is 16.8 Å². The summed E-state index contributed by atoms with van der Waals surface area (Å²) in [6.45, 7) is 6.32. The molecule has 6 aromatic rings. The second-order valence-electron chi connectivity index (χ2n) is 8.54. The molecule has 3 heterocycles. The van der Waals surface area contributed by atoms with Crippen LogP contribution in [0, 0.1) is 20.8 Å². The minimum absolute atomic E-state index is 0.694. The molecule has 156 valence electrons. The molecule has 0 fully saturated rings. The average Bonchev–Trinajstić information content (AvgIpc) is 3.30. The highest BCUT2D eigenvalue weighted by Crippen LogP contribution is 2.40. The van der Waals surface area contributed by atoms with Gasteiger partial charge in [0.05, 0.1) is 7.05 Å². The van der Waals surface area contributed by atoms with E-state index in [1.807, 2.05) is 6.92 Å². The highest BCUT2D eigenvalue weighted by Gasteiger charge is 2.30. The first-order valence-electron chi connectivity index (χ1n) is 10.9. The summed E-state index contributed by atoms with van der Waals surface area (Å²) in [5.74, 6) is 1.09. The third-order valence-electron chi connectivity index (χ3n) is 6.39. The van der Waals surface area contributed by atoms with E-state index in [9.17, 15) is 0 Å². The molecule has 0 amide bonds. The van der Waals surface area contributed by atoms with Crippen molar-refractivity contribution in [2.45, 2.75) is 20.8 Å². The van der Waals surface area contributed by atoms with Crippen molar-refractivity contribution in [2.24, 2.45) is 7.05 Å². The molecule has 0 unspecified atom stereocenters. The topological polar surface area (TPSA) is 34.8 Å². The molecule has 0 aliphatic heterocycles. The van der Waals surface area contributed by atoms with Crippen molar-refractivity contribution in [3.63, 3.8) is 0 Å². The van der Waals surface area contributed by atoms with E-state index in [4.69, 9.17) is 4.42 Å². The van der Waals surface area contributed by atoms with Gasteiger partial charge in [0.15, 0.2) is 16.6 Å². The third kappa shape index (κ3) is 2.56. The SMILES string of the molecule is Cc1ccc2c(n1)oc1c(-c3n(-c4ccccc4)c4ccccc4[n+]3C)c(C)cc(C)c12. The Kier molecular flexibility index (Phi) is 3.99. The number of nitrogens with zero attached hydrogens (tertiary/aromatic N) is 3. The second kappa shape index (κ2) is 6.79. The normalized spacial score (nSPS) is 11.8. The lowest BCUT2D eigenvalue weighted by molar-refractivity contribution is -0.633. The molecule has 4 heteroatoms. The first kappa shape index (κ1) is 18.8. The zero-order chi connectivity index (χ0) is 22.0. The fourth-order valence-electron chi connectivity index (χ4n) is 5.00. The number of rotatable bonds is 2. The molecule has 0 N–H and O–H groups in total. The Bertz CT molecular complexity index is 1660. The summed E-state index contributed by atoms with van der Waals surface area (Å²) in [4.78, 5) is 4.68. The van der Waals surface area contributed by atoms with E-state index in [2.05, 4.69) is 108 Å². The van der Waals surface area contributed by atoms with Gasteiger partial charge in [0.2, 0.25) is 5.71 Å². The van der Waals surface area contributed by atoms with Gasteiger partial charge in [-0.05, 0) is 68.3 Å². The molecule has 0 aliphatic rings. The number of hydrogen-bond acceptors (Lipinski definition) is 2. The van der Waals surface area contributed by atoms with E-state index < -0.39 is 0 Å². The Morgan fingerprint density at radius 2 is 1.59 bits per heavy atom. The van der Waals surface area contributed by atoms with Crippen molar-refractivity contribution >= 4 is 33.1 Å². The third-order valence-corrected chi connectivity index (χ3v) is 6.39. The Labute approximate surface area is 186 Å². The summed E-state index contributed by atoms with van der Waals surface area (Å²) in [6, 6.07) is 25.5. The molecule has 0 bridgehead atoms. The van der Waals surface area contributed by atoms with Crippen molar-refractivity contribution in [3.05, 3.63) is 89.6 Å². The van der Waals surface area contributed by atoms with E-state index in [1.165, 1.54) is 16.6 Å². The van der Waals surface area contributed by atoms with Gasteiger partial charge in [0, 0.05) is 16.5 Å². The highest BCUT2D eigenvalue weighted by molar-refractivity contribution is 6.10. The number of imidazole rings is 1. The molecule has 0 saturated carbocycles. The van der Waals surface area contributed by atoms with E-state index in [1.54, 1.807) is 0 Å². The van der Waals surface area contributed by atoms with E-state index in [0.29, 0.717) is 5.71 Å². The molecule has 3 aromatic carbocycles. The van der Waals surface area contributed by atoms with Crippen LogP contribution in [0.2, 0.25) is 0 Å². The lowest BCUT2D eigenvalue weighted by atomic mass is 9.99. The molecule has 3 aromatic heterocycles. The second-order valence-corrected chi connectivity index (χ2v) is 8.54. The molecular formula is C28H24N3O+. The number of aromatic nitrogens is 3. The Morgan fingerprint density at radius 3 is 2.41 bits per heavy atom. The van der Waals surface area contributed by atoms with Gasteiger partial charge in [-0.3, -0.25) is 0 Å². The van der Waals surface area contributed by atoms with Crippen LogP contribution in [0.15, 0.2) is 77.2 Å². The summed E-state index contributed by atoms with van der Waals surface area (Å²) in [5, 5.41) is 2.20. The minimum Gasteiger partial charge on any atom is -0.437 e. The van der Waals surface area contributed by atoms with Gasteiger partial charge in [-0.15, -0.1) is 0 Å². The lowest BCUT2D eigenvalue weighted by Gasteiger charge is -2.09. The molecule has 6 rings (SSSR count). The molecule has 0 aliphatic carbocycles. The fourth-order valence-corrected chi connectivity index (χ4v) is 5.00. The van der Waals surface area contributed by atoms with Crippen molar-refractivity contribution < 1.29 is 8.98 Å². The fraction of sp³-hybridized carbons (Fsp3) is 0.143. The Hall–Kier alpha value is -3.92. The van der Waals surface area contributed by atoms with E-state index >= 15 is 0 Å². The van der Waals surface area contributed by atoms with Crippen LogP contribution >= 0.6 is 0 Å². The number of fused-ring (bicyclic) bond motifs is 4. The molecule has 4 nitrogen and oxygen atoms in total.